The van der Waals surface area contributed by atoms with Gasteiger partial charge in [0.15, 0.2) is 5.82 Å². The van der Waals surface area contributed by atoms with E-state index >= 15 is 0 Å². The Labute approximate surface area is 79.3 Å². The van der Waals surface area contributed by atoms with Crippen LogP contribution in [-0.4, -0.2) is 9.97 Å². The summed E-state index contributed by atoms with van der Waals surface area (Å²) in [4.78, 5) is 7.55. The lowest BCUT2D eigenvalue weighted by atomic mass is 10.2. The second-order valence-electron chi connectivity index (χ2n) is 2.70. The van der Waals surface area contributed by atoms with E-state index < -0.39 is 11.6 Å². The van der Waals surface area contributed by atoms with Crippen molar-refractivity contribution in [2.24, 2.45) is 0 Å². The van der Waals surface area contributed by atoms with E-state index in [2.05, 4.69) is 9.97 Å². The standard InChI is InChI=1S/C10H6F2N2/c11-7-5-8(12)10(14-6-7)9-3-1-2-4-13-9/h1-6H. The molecule has 0 spiro atoms. The van der Waals surface area contributed by atoms with Gasteiger partial charge in [-0.3, -0.25) is 4.98 Å². The highest BCUT2D eigenvalue weighted by atomic mass is 19.1. The molecule has 2 aromatic rings. The Hall–Kier alpha value is -1.84. The first-order chi connectivity index (χ1) is 6.77. The number of aromatic nitrogens is 2. The second-order valence-corrected chi connectivity index (χ2v) is 2.70. The van der Waals surface area contributed by atoms with Crippen LogP contribution in [0.4, 0.5) is 8.78 Å². The predicted molar refractivity (Wildman–Crippen MR) is 47.4 cm³/mol. The first-order valence-corrected chi connectivity index (χ1v) is 4.00. The number of hydrogen-bond donors (Lipinski definition) is 0. The fraction of sp³-hybridized carbons (Fsp3) is 0. The molecule has 70 valence electrons. The van der Waals surface area contributed by atoms with Gasteiger partial charge in [-0.2, -0.15) is 0 Å². The quantitative estimate of drug-likeness (QED) is 0.693. The van der Waals surface area contributed by atoms with Gasteiger partial charge in [0.2, 0.25) is 0 Å². The molecule has 0 saturated carbocycles. The lowest BCUT2D eigenvalue weighted by Crippen LogP contribution is -1.92. The molecular formula is C10H6F2N2. The molecule has 2 aromatic heterocycles. The van der Waals surface area contributed by atoms with Gasteiger partial charge in [-0.25, -0.2) is 13.8 Å². The van der Waals surface area contributed by atoms with Gasteiger partial charge < -0.3 is 0 Å². The highest BCUT2D eigenvalue weighted by molar-refractivity contribution is 5.53. The number of nitrogens with zero attached hydrogens (tertiary/aromatic N) is 2. The smallest absolute Gasteiger partial charge is 0.153 e. The molecule has 2 heterocycles. The molecule has 14 heavy (non-hydrogen) atoms. The van der Waals surface area contributed by atoms with E-state index in [1.807, 2.05) is 0 Å². The van der Waals surface area contributed by atoms with Crippen LogP contribution in [-0.2, 0) is 0 Å². The van der Waals surface area contributed by atoms with E-state index in [-0.39, 0.29) is 5.69 Å². The Morgan fingerprint density at radius 3 is 2.57 bits per heavy atom. The summed E-state index contributed by atoms with van der Waals surface area (Å²) >= 11 is 0. The van der Waals surface area contributed by atoms with Gasteiger partial charge in [-0.1, -0.05) is 6.07 Å². The SMILES string of the molecule is Fc1cnc(-c2ccccn2)c(F)c1. The summed E-state index contributed by atoms with van der Waals surface area (Å²) in [5.74, 6) is -1.40. The van der Waals surface area contributed by atoms with Gasteiger partial charge in [-0.05, 0) is 12.1 Å². The highest BCUT2D eigenvalue weighted by Gasteiger charge is 2.07. The van der Waals surface area contributed by atoms with Gasteiger partial charge in [0.1, 0.15) is 11.5 Å². The first-order valence-electron chi connectivity index (χ1n) is 4.00. The maximum atomic E-state index is 13.2. The summed E-state index contributed by atoms with van der Waals surface area (Å²) in [7, 11) is 0. The van der Waals surface area contributed by atoms with E-state index in [1.165, 1.54) is 6.20 Å². The van der Waals surface area contributed by atoms with Crippen molar-refractivity contribution in [1.29, 1.82) is 0 Å². The Morgan fingerprint density at radius 1 is 1.07 bits per heavy atom. The van der Waals surface area contributed by atoms with Gasteiger partial charge in [0, 0.05) is 12.3 Å². The lowest BCUT2D eigenvalue weighted by molar-refractivity contribution is 0.575. The van der Waals surface area contributed by atoms with Crippen LogP contribution in [0.25, 0.3) is 11.4 Å². The maximum absolute atomic E-state index is 13.2. The summed E-state index contributed by atoms with van der Waals surface area (Å²) in [6.07, 6.45) is 2.49. The number of hydrogen-bond acceptors (Lipinski definition) is 2. The third kappa shape index (κ3) is 1.59. The normalized spacial score (nSPS) is 10.1. The molecule has 0 aliphatic rings. The van der Waals surface area contributed by atoms with Crippen molar-refractivity contribution >= 4 is 0 Å². The molecule has 2 rings (SSSR count). The molecule has 0 radical (unpaired) electrons. The molecule has 0 aliphatic carbocycles. The third-order valence-electron chi connectivity index (χ3n) is 1.72. The van der Waals surface area contributed by atoms with Crippen molar-refractivity contribution < 1.29 is 8.78 Å². The molecule has 0 amide bonds. The Balaban J connectivity index is 2.53. The van der Waals surface area contributed by atoms with Crippen molar-refractivity contribution in [1.82, 2.24) is 9.97 Å². The fourth-order valence-corrected chi connectivity index (χ4v) is 1.11. The number of halogens is 2. The summed E-state index contributed by atoms with van der Waals surface area (Å²) in [5.41, 5.74) is 0.456. The zero-order valence-electron chi connectivity index (χ0n) is 7.11. The summed E-state index contributed by atoms with van der Waals surface area (Å²) in [6.45, 7) is 0. The first kappa shape index (κ1) is 8.74. The van der Waals surface area contributed by atoms with E-state index in [0.717, 1.165) is 12.3 Å². The summed E-state index contributed by atoms with van der Waals surface area (Å²) < 4.78 is 25.7. The molecular weight excluding hydrogens is 186 g/mol. The third-order valence-corrected chi connectivity index (χ3v) is 1.72. The Bertz CT molecular complexity index is 443. The van der Waals surface area contributed by atoms with Crippen LogP contribution in [0, 0.1) is 11.6 Å². The van der Waals surface area contributed by atoms with E-state index in [1.54, 1.807) is 18.2 Å². The minimum absolute atomic E-state index is 0.0620. The Kier molecular flexibility index (Phi) is 2.18. The molecule has 0 saturated heterocycles. The Morgan fingerprint density at radius 2 is 1.93 bits per heavy atom. The second kappa shape index (κ2) is 3.49. The van der Waals surface area contributed by atoms with E-state index in [4.69, 9.17) is 0 Å². The van der Waals surface area contributed by atoms with E-state index in [0.29, 0.717) is 5.69 Å². The number of rotatable bonds is 1. The van der Waals surface area contributed by atoms with E-state index in [9.17, 15) is 8.78 Å². The summed E-state index contributed by atoms with van der Waals surface area (Å²) in [6, 6.07) is 5.83. The minimum Gasteiger partial charge on any atom is -0.255 e. The molecule has 0 unspecified atom stereocenters. The summed E-state index contributed by atoms with van der Waals surface area (Å²) in [5, 5.41) is 0. The molecule has 0 N–H and O–H groups in total. The average Bonchev–Trinajstić information content (AvgIpc) is 2.19. The van der Waals surface area contributed by atoms with Crippen molar-refractivity contribution in [3.05, 3.63) is 48.3 Å². The number of pyridine rings is 2. The van der Waals surface area contributed by atoms with Crippen LogP contribution in [0.2, 0.25) is 0 Å². The molecule has 0 aliphatic heterocycles. The predicted octanol–water partition coefficient (Wildman–Crippen LogP) is 2.42. The topological polar surface area (TPSA) is 25.8 Å². The minimum atomic E-state index is -0.705. The zero-order chi connectivity index (χ0) is 9.97. The van der Waals surface area contributed by atoms with Crippen molar-refractivity contribution in [2.75, 3.05) is 0 Å². The van der Waals surface area contributed by atoms with Crippen molar-refractivity contribution in [3.63, 3.8) is 0 Å². The zero-order valence-corrected chi connectivity index (χ0v) is 7.11. The van der Waals surface area contributed by atoms with Crippen LogP contribution in [0.1, 0.15) is 0 Å². The molecule has 4 heteroatoms. The van der Waals surface area contributed by atoms with Crippen LogP contribution in [0.5, 0.6) is 0 Å². The van der Waals surface area contributed by atoms with Crippen LogP contribution in [0.3, 0.4) is 0 Å². The van der Waals surface area contributed by atoms with Gasteiger partial charge in [-0.15, -0.1) is 0 Å². The molecule has 0 fully saturated rings. The van der Waals surface area contributed by atoms with Crippen LogP contribution in [0.15, 0.2) is 36.7 Å². The molecule has 0 atom stereocenters. The average molecular weight is 192 g/mol. The van der Waals surface area contributed by atoms with Crippen LogP contribution >= 0.6 is 0 Å². The molecule has 2 nitrogen and oxygen atoms in total. The monoisotopic (exact) mass is 192 g/mol. The van der Waals surface area contributed by atoms with Crippen molar-refractivity contribution in [2.45, 2.75) is 0 Å². The van der Waals surface area contributed by atoms with Gasteiger partial charge in [0.25, 0.3) is 0 Å². The molecule has 0 aromatic carbocycles. The largest absolute Gasteiger partial charge is 0.255 e. The highest BCUT2D eigenvalue weighted by Crippen LogP contribution is 2.17. The van der Waals surface area contributed by atoms with Gasteiger partial charge in [0.05, 0.1) is 11.9 Å². The lowest BCUT2D eigenvalue weighted by Gasteiger charge is -2.00. The van der Waals surface area contributed by atoms with Crippen LogP contribution < -0.4 is 0 Å². The van der Waals surface area contributed by atoms with Crippen molar-refractivity contribution in [3.8, 4) is 11.4 Å². The fourth-order valence-electron chi connectivity index (χ4n) is 1.11. The van der Waals surface area contributed by atoms with Gasteiger partial charge >= 0.3 is 0 Å². The maximum Gasteiger partial charge on any atom is 0.153 e. The molecule has 0 bridgehead atoms.